The average molecular weight is 174 g/mol. The number of hydrogen-bond acceptors (Lipinski definition) is 5. The van der Waals surface area contributed by atoms with Gasteiger partial charge in [-0.05, 0) is 0 Å². The average Bonchev–Trinajstić information content (AvgIpc) is 2.53. The lowest BCUT2D eigenvalue weighted by Crippen LogP contribution is -2.43. The Morgan fingerprint density at radius 1 is 1.50 bits per heavy atom. The zero-order valence-electron chi connectivity index (χ0n) is 6.40. The molecule has 0 amide bonds. The van der Waals surface area contributed by atoms with E-state index in [0.717, 1.165) is 0 Å². The second-order valence-corrected chi connectivity index (χ2v) is 3.19. The molecule has 3 atom stereocenters. The van der Waals surface area contributed by atoms with E-state index in [1.807, 2.05) is 0 Å². The van der Waals surface area contributed by atoms with Crippen LogP contribution in [0.4, 0.5) is 0 Å². The molecule has 12 heavy (non-hydrogen) atoms. The van der Waals surface area contributed by atoms with E-state index in [0.29, 0.717) is 6.42 Å². The maximum absolute atomic E-state index is 10.8. The first-order chi connectivity index (χ1) is 5.64. The van der Waals surface area contributed by atoms with Crippen LogP contribution in [0.15, 0.2) is 0 Å². The van der Waals surface area contributed by atoms with Gasteiger partial charge in [0.1, 0.15) is 6.10 Å². The molecule has 0 radical (unpaired) electrons. The van der Waals surface area contributed by atoms with Gasteiger partial charge < -0.3 is 19.7 Å². The van der Waals surface area contributed by atoms with Crippen LogP contribution in [0.2, 0.25) is 0 Å². The van der Waals surface area contributed by atoms with Crippen LogP contribution < -0.4 is 0 Å². The van der Waals surface area contributed by atoms with Gasteiger partial charge in [-0.25, -0.2) is 0 Å². The molecule has 3 unspecified atom stereocenters. The topological polar surface area (TPSA) is 76.0 Å². The molecule has 0 aliphatic carbocycles. The third-order valence-electron chi connectivity index (χ3n) is 2.38. The maximum Gasteiger partial charge on any atom is 0.306 e. The minimum atomic E-state index is -1.23. The molecule has 5 heteroatoms. The van der Waals surface area contributed by atoms with Gasteiger partial charge in [0.05, 0.1) is 6.61 Å². The molecule has 2 heterocycles. The Bertz CT molecular complexity index is 216. The van der Waals surface area contributed by atoms with Crippen molar-refractivity contribution >= 4 is 5.97 Å². The summed E-state index contributed by atoms with van der Waals surface area (Å²) >= 11 is 0. The lowest BCUT2D eigenvalue weighted by Gasteiger charge is -2.23. The van der Waals surface area contributed by atoms with E-state index >= 15 is 0 Å². The zero-order valence-corrected chi connectivity index (χ0v) is 6.40. The Balaban J connectivity index is 2.17. The largest absolute Gasteiger partial charge is 0.454 e. The normalized spacial score (nSPS) is 47.0. The summed E-state index contributed by atoms with van der Waals surface area (Å²) in [7, 11) is 0. The van der Waals surface area contributed by atoms with Crippen LogP contribution in [-0.2, 0) is 14.3 Å². The molecule has 0 saturated carbocycles. The summed E-state index contributed by atoms with van der Waals surface area (Å²) in [6.45, 7) is 0.0844. The first-order valence-corrected chi connectivity index (χ1v) is 3.84. The van der Waals surface area contributed by atoms with Gasteiger partial charge in [-0.1, -0.05) is 0 Å². The summed E-state index contributed by atoms with van der Waals surface area (Å²) in [6.07, 6.45) is -1.63. The van der Waals surface area contributed by atoms with Gasteiger partial charge in [-0.3, -0.25) is 4.79 Å². The fraction of sp³-hybridized carbons (Fsp3) is 0.857. The summed E-state index contributed by atoms with van der Waals surface area (Å²) in [4.78, 5) is 10.8. The number of aliphatic hydroxyl groups excluding tert-OH is 2. The molecule has 2 saturated heterocycles. The van der Waals surface area contributed by atoms with E-state index in [-0.39, 0.29) is 19.0 Å². The van der Waals surface area contributed by atoms with E-state index in [1.54, 1.807) is 0 Å². The highest BCUT2D eigenvalue weighted by atomic mass is 16.7. The summed E-state index contributed by atoms with van der Waals surface area (Å²) in [5.41, 5.74) is -0.976. The van der Waals surface area contributed by atoms with Crippen LogP contribution >= 0.6 is 0 Å². The van der Waals surface area contributed by atoms with Crippen LogP contribution in [0.1, 0.15) is 12.8 Å². The lowest BCUT2D eigenvalue weighted by atomic mass is 9.96. The second-order valence-electron chi connectivity index (χ2n) is 3.19. The van der Waals surface area contributed by atoms with Crippen LogP contribution in [0, 0.1) is 0 Å². The zero-order chi connectivity index (χ0) is 8.77. The predicted molar refractivity (Wildman–Crippen MR) is 36.0 cm³/mol. The van der Waals surface area contributed by atoms with Crippen molar-refractivity contribution in [1.29, 1.82) is 0 Å². The van der Waals surface area contributed by atoms with Crippen LogP contribution in [0.3, 0.4) is 0 Å². The SMILES string of the molecule is O=C1CCC2(COC(O)C2O)O1. The van der Waals surface area contributed by atoms with Crippen molar-refractivity contribution in [1.82, 2.24) is 0 Å². The van der Waals surface area contributed by atoms with Crippen LogP contribution in [-0.4, -0.2) is 40.8 Å². The number of aliphatic hydroxyl groups is 2. The lowest BCUT2D eigenvalue weighted by molar-refractivity contribution is -0.157. The van der Waals surface area contributed by atoms with Gasteiger partial charge in [0.2, 0.25) is 0 Å². The van der Waals surface area contributed by atoms with E-state index in [2.05, 4.69) is 0 Å². The van der Waals surface area contributed by atoms with Gasteiger partial charge in [0, 0.05) is 12.8 Å². The van der Waals surface area contributed by atoms with Gasteiger partial charge in [0.15, 0.2) is 11.9 Å². The van der Waals surface area contributed by atoms with E-state index in [9.17, 15) is 9.90 Å². The molecule has 1 spiro atoms. The molecule has 0 aromatic carbocycles. The first kappa shape index (κ1) is 7.97. The van der Waals surface area contributed by atoms with Crippen molar-refractivity contribution in [3.63, 3.8) is 0 Å². The number of carbonyl (C=O) groups excluding carboxylic acids is 1. The monoisotopic (exact) mass is 174 g/mol. The molecular formula is C7H10O5. The molecular weight excluding hydrogens is 164 g/mol. The highest BCUT2D eigenvalue weighted by Crippen LogP contribution is 2.36. The standard InChI is InChI=1S/C7H10O5/c8-4-1-2-7(12-4)3-11-6(10)5(7)9/h5-6,9-10H,1-3H2. The molecule has 2 aliphatic rings. The third kappa shape index (κ3) is 0.939. The molecule has 2 rings (SSSR count). The first-order valence-electron chi connectivity index (χ1n) is 3.84. The Hall–Kier alpha value is -0.650. The summed E-state index contributed by atoms with van der Waals surface area (Å²) < 4.78 is 9.70. The van der Waals surface area contributed by atoms with E-state index in [4.69, 9.17) is 14.6 Å². The quantitative estimate of drug-likeness (QED) is 0.450. The van der Waals surface area contributed by atoms with Crippen molar-refractivity contribution < 1.29 is 24.5 Å². The molecule has 0 aromatic rings. The molecule has 0 bridgehead atoms. The fourth-order valence-electron chi connectivity index (χ4n) is 1.62. The number of hydrogen-bond donors (Lipinski definition) is 2. The Morgan fingerprint density at radius 2 is 2.25 bits per heavy atom. The predicted octanol–water partition coefficient (Wildman–Crippen LogP) is -1.23. The van der Waals surface area contributed by atoms with Crippen molar-refractivity contribution in [2.24, 2.45) is 0 Å². The Kier molecular flexibility index (Phi) is 1.61. The molecule has 2 aliphatic heterocycles. The third-order valence-corrected chi connectivity index (χ3v) is 2.38. The second kappa shape index (κ2) is 2.42. The van der Waals surface area contributed by atoms with Gasteiger partial charge in [-0.15, -0.1) is 0 Å². The highest BCUT2D eigenvalue weighted by molar-refractivity contribution is 5.72. The van der Waals surface area contributed by atoms with Crippen LogP contribution in [0.5, 0.6) is 0 Å². The number of ether oxygens (including phenoxy) is 2. The van der Waals surface area contributed by atoms with E-state index in [1.165, 1.54) is 0 Å². The fourth-order valence-corrected chi connectivity index (χ4v) is 1.62. The minimum absolute atomic E-state index is 0.0844. The number of carbonyl (C=O) groups is 1. The molecule has 5 nitrogen and oxygen atoms in total. The smallest absolute Gasteiger partial charge is 0.306 e. The van der Waals surface area contributed by atoms with Crippen molar-refractivity contribution in [2.75, 3.05) is 6.61 Å². The van der Waals surface area contributed by atoms with Gasteiger partial charge in [0.25, 0.3) is 0 Å². The molecule has 2 N–H and O–H groups in total. The Labute approximate surface area is 68.9 Å². The van der Waals surface area contributed by atoms with E-state index < -0.39 is 18.0 Å². The molecule has 0 aromatic heterocycles. The van der Waals surface area contributed by atoms with Gasteiger partial charge >= 0.3 is 5.97 Å². The maximum atomic E-state index is 10.8. The Morgan fingerprint density at radius 3 is 2.67 bits per heavy atom. The molecule has 68 valence electrons. The minimum Gasteiger partial charge on any atom is -0.454 e. The highest BCUT2D eigenvalue weighted by Gasteiger charge is 2.54. The van der Waals surface area contributed by atoms with Crippen LogP contribution in [0.25, 0.3) is 0 Å². The summed E-state index contributed by atoms with van der Waals surface area (Å²) in [5, 5.41) is 18.5. The van der Waals surface area contributed by atoms with Crippen molar-refractivity contribution in [2.45, 2.75) is 30.8 Å². The number of rotatable bonds is 0. The van der Waals surface area contributed by atoms with Crippen molar-refractivity contribution in [3.05, 3.63) is 0 Å². The number of esters is 1. The van der Waals surface area contributed by atoms with Gasteiger partial charge in [-0.2, -0.15) is 0 Å². The molecule has 2 fully saturated rings. The summed E-state index contributed by atoms with van der Waals surface area (Å²) in [5.74, 6) is -0.341. The van der Waals surface area contributed by atoms with Crippen molar-refractivity contribution in [3.8, 4) is 0 Å². The summed E-state index contributed by atoms with van der Waals surface area (Å²) in [6, 6.07) is 0.